The predicted molar refractivity (Wildman–Crippen MR) is 63.8 cm³/mol. The number of nitrogens with one attached hydrogen (secondary N) is 1. The second-order valence-electron chi connectivity index (χ2n) is 3.68. The molecular formula is C11H12ClFN4. The number of hydrazine groups is 1. The fourth-order valence-corrected chi connectivity index (χ4v) is 1.99. The zero-order valence-corrected chi connectivity index (χ0v) is 9.95. The highest BCUT2D eigenvalue weighted by molar-refractivity contribution is 6.31. The average Bonchev–Trinajstić information content (AvgIpc) is 2.70. The first-order valence-electron chi connectivity index (χ1n) is 5.02. The summed E-state index contributed by atoms with van der Waals surface area (Å²) in [6.45, 7) is 0. The van der Waals surface area contributed by atoms with Crippen molar-refractivity contribution in [3.05, 3.63) is 52.6 Å². The fourth-order valence-electron chi connectivity index (χ4n) is 1.72. The maximum absolute atomic E-state index is 13.8. The Labute approximate surface area is 103 Å². The van der Waals surface area contributed by atoms with Crippen LogP contribution in [0.5, 0.6) is 0 Å². The van der Waals surface area contributed by atoms with E-state index in [1.54, 1.807) is 36.3 Å². The molecule has 0 spiro atoms. The second-order valence-corrected chi connectivity index (χ2v) is 4.09. The third kappa shape index (κ3) is 2.31. The first-order valence-corrected chi connectivity index (χ1v) is 5.40. The highest BCUT2D eigenvalue weighted by Gasteiger charge is 2.20. The summed E-state index contributed by atoms with van der Waals surface area (Å²) in [5, 5.41) is 4.36. The molecule has 6 heteroatoms. The Balaban J connectivity index is 2.49. The highest BCUT2D eigenvalue weighted by Crippen LogP contribution is 2.29. The van der Waals surface area contributed by atoms with Crippen LogP contribution in [0.4, 0.5) is 4.39 Å². The number of rotatable bonds is 3. The molecule has 17 heavy (non-hydrogen) atoms. The lowest BCUT2D eigenvalue weighted by Crippen LogP contribution is -2.29. The number of aryl methyl sites for hydroxylation is 1. The van der Waals surface area contributed by atoms with Crippen molar-refractivity contribution in [2.45, 2.75) is 6.04 Å². The Hall–Kier alpha value is -1.43. The van der Waals surface area contributed by atoms with Crippen LogP contribution in [-0.2, 0) is 7.05 Å². The van der Waals surface area contributed by atoms with E-state index in [2.05, 4.69) is 10.5 Å². The van der Waals surface area contributed by atoms with Gasteiger partial charge in [0, 0.05) is 29.4 Å². The minimum Gasteiger partial charge on any atom is -0.275 e. The molecule has 0 aliphatic carbocycles. The van der Waals surface area contributed by atoms with Crippen LogP contribution < -0.4 is 11.3 Å². The van der Waals surface area contributed by atoms with E-state index in [1.807, 2.05) is 0 Å². The van der Waals surface area contributed by atoms with Crippen molar-refractivity contribution in [1.82, 2.24) is 15.2 Å². The van der Waals surface area contributed by atoms with Gasteiger partial charge in [0.25, 0.3) is 0 Å². The normalized spacial score (nSPS) is 12.7. The molecule has 4 nitrogen and oxygen atoms in total. The summed E-state index contributed by atoms with van der Waals surface area (Å²) < 4.78 is 15.4. The van der Waals surface area contributed by atoms with Gasteiger partial charge in [-0.1, -0.05) is 17.7 Å². The fraction of sp³-hybridized carbons (Fsp3) is 0.182. The minimum atomic E-state index is -0.516. The number of hydrogen-bond acceptors (Lipinski definition) is 3. The molecule has 1 atom stereocenters. The van der Waals surface area contributed by atoms with Gasteiger partial charge in [-0.25, -0.2) is 9.82 Å². The van der Waals surface area contributed by atoms with Crippen LogP contribution in [0.1, 0.15) is 17.2 Å². The van der Waals surface area contributed by atoms with Gasteiger partial charge < -0.3 is 0 Å². The van der Waals surface area contributed by atoms with Gasteiger partial charge in [0.1, 0.15) is 5.82 Å². The Bertz CT molecular complexity index is 506. The van der Waals surface area contributed by atoms with Crippen LogP contribution in [0.2, 0.25) is 5.02 Å². The zero-order chi connectivity index (χ0) is 12.4. The van der Waals surface area contributed by atoms with Crippen LogP contribution in [0.25, 0.3) is 0 Å². The first kappa shape index (κ1) is 12.0. The summed E-state index contributed by atoms with van der Waals surface area (Å²) in [4.78, 5) is 0. The highest BCUT2D eigenvalue weighted by atomic mass is 35.5. The Morgan fingerprint density at radius 3 is 2.82 bits per heavy atom. The lowest BCUT2D eigenvalue weighted by molar-refractivity contribution is 0.560. The van der Waals surface area contributed by atoms with E-state index < -0.39 is 11.9 Å². The van der Waals surface area contributed by atoms with Gasteiger partial charge in [-0.05, 0) is 12.1 Å². The molecule has 0 amide bonds. The molecule has 0 aliphatic heterocycles. The van der Waals surface area contributed by atoms with Gasteiger partial charge in [-0.2, -0.15) is 5.10 Å². The van der Waals surface area contributed by atoms with Crippen molar-refractivity contribution in [2.24, 2.45) is 12.9 Å². The summed E-state index contributed by atoms with van der Waals surface area (Å²) >= 11 is 6.00. The largest absolute Gasteiger partial charge is 0.275 e. The summed E-state index contributed by atoms with van der Waals surface area (Å²) in [7, 11) is 1.78. The topological polar surface area (TPSA) is 55.9 Å². The van der Waals surface area contributed by atoms with Crippen molar-refractivity contribution in [1.29, 1.82) is 0 Å². The van der Waals surface area contributed by atoms with E-state index in [1.165, 1.54) is 6.07 Å². The molecule has 1 aromatic heterocycles. The van der Waals surface area contributed by atoms with Gasteiger partial charge in [0.2, 0.25) is 0 Å². The van der Waals surface area contributed by atoms with Crippen molar-refractivity contribution in [3.63, 3.8) is 0 Å². The summed E-state index contributed by atoms with van der Waals surface area (Å²) in [6, 6.07) is 4.01. The molecule has 2 rings (SSSR count). The number of benzene rings is 1. The number of nitrogens with zero attached hydrogens (tertiary/aromatic N) is 2. The zero-order valence-electron chi connectivity index (χ0n) is 9.19. The quantitative estimate of drug-likeness (QED) is 0.648. The Morgan fingerprint density at radius 2 is 2.29 bits per heavy atom. The molecule has 2 aromatic rings. The Morgan fingerprint density at radius 1 is 1.53 bits per heavy atom. The van der Waals surface area contributed by atoms with Crippen LogP contribution in [0.3, 0.4) is 0 Å². The van der Waals surface area contributed by atoms with Gasteiger partial charge in [0.15, 0.2) is 0 Å². The number of halogens is 2. The molecule has 1 aromatic carbocycles. The molecule has 0 saturated heterocycles. The summed E-state index contributed by atoms with van der Waals surface area (Å²) in [5.41, 5.74) is 3.63. The van der Waals surface area contributed by atoms with E-state index in [9.17, 15) is 4.39 Å². The summed E-state index contributed by atoms with van der Waals surface area (Å²) in [6.07, 6.45) is 3.38. The van der Waals surface area contributed by atoms with Crippen molar-refractivity contribution in [3.8, 4) is 0 Å². The van der Waals surface area contributed by atoms with E-state index in [4.69, 9.17) is 17.4 Å². The molecule has 0 aliphatic rings. The molecule has 0 fully saturated rings. The molecular weight excluding hydrogens is 243 g/mol. The Kier molecular flexibility index (Phi) is 3.42. The third-order valence-electron chi connectivity index (χ3n) is 2.51. The average molecular weight is 255 g/mol. The molecule has 1 unspecified atom stereocenters. The standard InChI is InChI=1S/C11H12ClFN4/c1-17-6-7(5-15-17)11(16-14)10-8(12)3-2-4-9(10)13/h2-6,11,16H,14H2,1H3. The van der Waals surface area contributed by atoms with E-state index in [0.717, 1.165) is 5.56 Å². The molecule has 1 heterocycles. The lowest BCUT2D eigenvalue weighted by atomic mass is 10.0. The third-order valence-corrected chi connectivity index (χ3v) is 2.84. The summed E-state index contributed by atoms with van der Waals surface area (Å²) in [5.74, 6) is 5.07. The van der Waals surface area contributed by atoms with E-state index in [-0.39, 0.29) is 0 Å². The van der Waals surface area contributed by atoms with Crippen LogP contribution in [0, 0.1) is 5.82 Å². The molecule has 0 bridgehead atoms. The van der Waals surface area contributed by atoms with Crippen molar-refractivity contribution in [2.75, 3.05) is 0 Å². The number of nitrogens with two attached hydrogens (primary N) is 1. The van der Waals surface area contributed by atoms with Gasteiger partial charge in [-0.3, -0.25) is 10.5 Å². The molecule has 90 valence electrons. The maximum atomic E-state index is 13.8. The maximum Gasteiger partial charge on any atom is 0.129 e. The molecule has 0 radical (unpaired) electrons. The van der Waals surface area contributed by atoms with Crippen LogP contribution in [-0.4, -0.2) is 9.78 Å². The van der Waals surface area contributed by atoms with Gasteiger partial charge >= 0.3 is 0 Å². The van der Waals surface area contributed by atoms with Crippen LogP contribution >= 0.6 is 11.6 Å². The lowest BCUT2D eigenvalue weighted by Gasteiger charge is -2.16. The smallest absolute Gasteiger partial charge is 0.129 e. The van der Waals surface area contributed by atoms with Crippen LogP contribution in [0.15, 0.2) is 30.6 Å². The first-order chi connectivity index (χ1) is 8.13. The van der Waals surface area contributed by atoms with Gasteiger partial charge in [-0.15, -0.1) is 0 Å². The number of aromatic nitrogens is 2. The molecule has 3 N–H and O–H groups in total. The monoisotopic (exact) mass is 254 g/mol. The van der Waals surface area contributed by atoms with Crippen molar-refractivity contribution < 1.29 is 4.39 Å². The van der Waals surface area contributed by atoms with E-state index in [0.29, 0.717) is 10.6 Å². The second kappa shape index (κ2) is 4.83. The number of hydrogen-bond donors (Lipinski definition) is 2. The van der Waals surface area contributed by atoms with E-state index >= 15 is 0 Å². The van der Waals surface area contributed by atoms with Crippen molar-refractivity contribution >= 4 is 11.6 Å². The minimum absolute atomic E-state index is 0.324. The van der Waals surface area contributed by atoms with Gasteiger partial charge in [0.05, 0.1) is 12.2 Å². The SMILES string of the molecule is Cn1cc(C(NN)c2c(F)cccc2Cl)cn1. The predicted octanol–water partition coefficient (Wildman–Crippen LogP) is 1.77. The molecule has 0 saturated carbocycles.